The van der Waals surface area contributed by atoms with Gasteiger partial charge in [0.1, 0.15) is 5.65 Å². The maximum absolute atomic E-state index is 12.6. The van der Waals surface area contributed by atoms with Gasteiger partial charge in [-0.3, -0.25) is 9.36 Å². The summed E-state index contributed by atoms with van der Waals surface area (Å²) in [5, 5.41) is 4.15. The third-order valence-electron chi connectivity index (χ3n) is 5.25. The molecular weight excluding hydrogens is 338 g/mol. The topological polar surface area (TPSA) is 63.1 Å². The largest absolute Gasteiger partial charge is 0.378 e. The molecule has 1 aliphatic rings. The first-order valence-corrected chi connectivity index (χ1v) is 9.54. The van der Waals surface area contributed by atoms with E-state index >= 15 is 0 Å². The minimum absolute atomic E-state index is 0.0226. The van der Waals surface area contributed by atoms with Crippen LogP contribution < -0.4 is 15.8 Å². The molecule has 0 aliphatic heterocycles. The van der Waals surface area contributed by atoms with E-state index in [9.17, 15) is 4.79 Å². The average Bonchev–Trinajstić information content (AvgIpc) is 2.69. The smallest absolute Gasteiger partial charge is 0.252 e. The SMILES string of the molecule is CN(C)c1ccc(Nc2ncc3ccc(=O)n(C4CCCCC4)c3n2)cc1. The number of rotatable bonds is 4. The summed E-state index contributed by atoms with van der Waals surface area (Å²) in [4.78, 5) is 23.8. The van der Waals surface area contributed by atoms with Crippen LogP contribution in [0.2, 0.25) is 0 Å². The van der Waals surface area contributed by atoms with Crippen LogP contribution in [0.25, 0.3) is 11.0 Å². The van der Waals surface area contributed by atoms with E-state index in [0.29, 0.717) is 5.95 Å². The minimum atomic E-state index is 0.0226. The van der Waals surface area contributed by atoms with E-state index in [1.165, 1.54) is 19.3 Å². The zero-order valence-corrected chi connectivity index (χ0v) is 15.9. The van der Waals surface area contributed by atoms with Crippen molar-refractivity contribution in [1.82, 2.24) is 14.5 Å². The van der Waals surface area contributed by atoms with Crippen LogP contribution in [0.15, 0.2) is 47.4 Å². The number of fused-ring (bicyclic) bond motifs is 1. The summed E-state index contributed by atoms with van der Waals surface area (Å²) < 4.78 is 1.87. The molecule has 1 N–H and O–H groups in total. The monoisotopic (exact) mass is 363 g/mol. The highest BCUT2D eigenvalue weighted by molar-refractivity contribution is 5.76. The molecule has 6 nitrogen and oxygen atoms in total. The Bertz CT molecular complexity index is 988. The Morgan fingerprint density at radius 3 is 2.48 bits per heavy atom. The molecule has 6 heteroatoms. The van der Waals surface area contributed by atoms with Crippen LogP contribution in [-0.2, 0) is 0 Å². The van der Waals surface area contributed by atoms with Gasteiger partial charge < -0.3 is 10.2 Å². The van der Waals surface area contributed by atoms with E-state index in [2.05, 4.69) is 15.2 Å². The first-order chi connectivity index (χ1) is 13.1. The number of benzene rings is 1. The molecule has 0 amide bonds. The molecule has 1 fully saturated rings. The van der Waals surface area contributed by atoms with Crippen LogP contribution in [-0.4, -0.2) is 28.6 Å². The van der Waals surface area contributed by atoms with E-state index in [1.54, 1.807) is 12.3 Å². The third kappa shape index (κ3) is 3.65. The van der Waals surface area contributed by atoms with Crippen molar-refractivity contribution in [3.8, 4) is 0 Å². The van der Waals surface area contributed by atoms with Crippen molar-refractivity contribution < 1.29 is 0 Å². The van der Waals surface area contributed by atoms with Gasteiger partial charge in [-0.2, -0.15) is 4.98 Å². The lowest BCUT2D eigenvalue weighted by Gasteiger charge is -2.25. The number of nitrogens with one attached hydrogen (secondary N) is 1. The van der Waals surface area contributed by atoms with Crippen molar-refractivity contribution >= 4 is 28.4 Å². The Morgan fingerprint density at radius 2 is 1.78 bits per heavy atom. The van der Waals surface area contributed by atoms with E-state index < -0.39 is 0 Å². The number of aromatic nitrogens is 3. The number of anilines is 3. The Kier molecular flexibility index (Phi) is 4.79. The fourth-order valence-electron chi connectivity index (χ4n) is 3.76. The van der Waals surface area contributed by atoms with Crippen molar-refractivity contribution in [2.24, 2.45) is 0 Å². The van der Waals surface area contributed by atoms with Gasteiger partial charge in [-0.1, -0.05) is 19.3 Å². The number of pyridine rings is 1. The molecule has 2 heterocycles. The molecule has 0 saturated heterocycles. The van der Waals surface area contributed by atoms with Gasteiger partial charge in [-0.15, -0.1) is 0 Å². The highest BCUT2D eigenvalue weighted by atomic mass is 16.1. The summed E-state index contributed by atoms with van der Waals surface area (Å²) in [6.45, 7) is 0. The second-order valence-electron chi connectivity index (χ2n) is 7.37. The molecule has 27 heavy (non-hydrogen) atoms. The molecule has 0 atom stereocenters. The molecule has 140 valence electrons. The lowest BCUT2D eigenvalue weighted by Crippen LogP contribution is -2.26. The molecule has 1 saturated carbocycles. The van der Waals surface area contributed by atoms with Crippen molar-refractivity contribution in [2.75, 3.05) is 24.3 Å². The van der Waals surface area contributed by atoms with Gasteiger partial charge in [0.05, 0.1) is 0 Å². The zero-order valence-electron chi connectivity index (χ0n) is 15.9. The standard InChI is InChI=1S/C21H25N5O/c1-25(2)17-11-9-16(10-12-17)23-21-22-14-15-8-13-19(27)26(20(15)24-21)18-6-4-3-5-7-18/h8-14,18H,3-7H2,1-2H3,(H,22,23,24). The zero-order chi connectivity index (χ0) is 18.8. The Labute approximate surface area is 158 Å². The van der Waals surface area contributed by atoms with Gasteiger partial charge in [-0.25, -0.2) is 4.98 Å². The summed E-state index contributed by atoms with van der Waals surface area (Å²) in [6, 6.07) is 11.8. The molecule has 4 rings (SSSR count). The van der Waals surface area contributed by atoms with Crippen LogP contribution >= 0.6 is 0 Å². The number of hydrogen-bond donors (Lipinski definition) is 1. The van der Waals surface area contributed by atoms with Crippen molar-refractivity contribution in [3.63, 3.8) is 0 Å². The molecule has 2 aromatic heterocycles. The van der Waals surface area contributed by atoms with Crippen LogP contribution in [0.1, 0.15) is 38.1 Å². The van der Waals surface area contributed by atoms with E-state index in [1.807, 2.05) is 49.0 Å². The molecule has 1 aromatic carbocycles. The predicted molar refractivity (Wildman–Crippen MR) is 110 cm³/mol. The van der Waals surface area contributed by atoms with E-state index in [4.69, 9.17) is 4.98 Å². The Morgan fingerprint density at radius 1 is 1.04 bits per heavy atom. The molecule has 0 spiro atoms. The van der Waals surface area contributed by atoms with Gasteiger partial charge in [0.2, 0.25) is 5.95 Å². The van der Waals surface area contributed by atoms with Gasteiger partial charge >= 0.3 is 0 Å². The predicted octanol–water partition coefficient (Wildman–Crippen LogP) is 4.11. The highest BCUT2D eigenvalue weighted by Gasteiger charge is 2.19. The average molecular weight is 363 g/mol. The highest BCUT2D eigenvalue weighted by Crippen LogP contribution is 2.29. The van der Waals surface area contributed by atoms with Crippen LogP contribution in [0.4, 0.5) is 17.3 Å². The Hall–Kier alpha value is -2.89. The van der Waals surface area contributed by atoms with Crippen molar-refractivity contribution in [3.05, 3.63) is 52.9 Å². The van der Waals surface area contributed by atoms with Crippen LogP contribution in [0.3, 0.4) is 0 Å². The van der Waals surface area contributed by atoms with Crippen molar-refractivity contribution in [1.29, 1.82) is 0 Å². The fraction of sp³-hybridized carbons (Fsp3) is 0.381. The summed E-state index contributed by atoms with van der Waals surface area (Å²) in [6.07, 6.45) is 7.46. The molecule has 0 radical (unpaired) electrons. The number of nitrogens with zero attached hydrogens (tertiary/aromatic N) is 4. The normalized spacial score (nSPS) is 15.0. The molecule has 1 aliphatic carbocycles. The van der Waals surface area contributed by atoms with E-state index in [-0.39, 0.29) is 11.6 Å². The van der Waals surface area contributed by atoms with Gasteiger partial charge in [0.25, 0.3) is 5.56 Å². The third-order valence-corrected chi connectivity index (χ3v) is 5.25. The lowest BCUT2D eigenvalue weighted by atomic mass is 9.95. The lowest BCUT2D eigenvalue weighted by molar-refractivity contribution is 0.353. The fourth-order valence-corrected chi connectivity index (χ4v) is 3.76. The summed E-state index contributed by atoms with van der Waals surface area (Å²) >= 11 is 0. The van der Waals surface area contributed by atoms with Gasteiger partial charge in [0, 0.05) is 49.2 Å². The molecular formula is C21H25N5O. The van der Waals surface area contributed by atoms with Gasteiger partial charge in [-0.05, 0) is 43.2 Å². The van der Waals surface area contributed by atoms with Gasteiger partial charge in [0.15, 0.2) is 0 Å². The molecule has 3 aromatic rings. The quantitative estimate of drug-likeness (QED) is 0.756. The maximum Gasteiger partial charge on any atom is 0.252 e. The Balaban J connectivity index is 1.69. The molecule has 0 bridgehead atoms. The maximum atomic E-state index is 12.6. The number of hydrogen-bond acceptors (Lipinski definition) is 5. The summed E-state index contributed by atoms with van der Waals surface area (Å²) in [7, 11) is 4.03. The second kappa shape index (κ2) is 7.39. The first kappa shape index (κ1) is 17.5. The second-order valence-corrected chi connectivity index (χ2v) is 7.37. The summed E-state index contributed by atoms with van der Waals surface area (Å²) in [5.74, 6) is 0.510. The van der Waals surface area contributed by atoms with Crippen LogP contribution in [0.5, 0.6) is 0 Å². The van der Waals surface area contributed by atoms with E-state index in [0.717, 1.165) is 35.2 Å². The molecule has 0 unspecified atom stereocenters. The summed E-state index contributed by atoms with van der Waals surface area (Å²) in [5.41, 5.74) is 2.79. The van der Waals surface area contributed by atoms with Crippen LogP contribution in [0, 0.1) is 0 Å². The minimum Gasteiger partial charge on any atom is -0.378 e. The first-order valence-electron chi connectivity index (χ1n) is 9.54. The van der Waals surface area contributed by atoms with Crippen molar-refractivity contribution in [2.45, 2.75) is 38.1 Å².